The van der Waals surface area contributed by atoms with Gasteiger partial charge in [-0.2, -0.15) is 0 Å². The molecule has 0 atom stereocenters. The van der Waals surface area contributed by atoms with Gasteiger partial charge in [0, 0.05) is 51.7 Å². The van der Waals surface area contributed by atoms with E-state index < -0.39 is 0 Å². The molecule has 0 saturated heterocycles. The van der Waals surface area contributed by atoms with Gasteiger partial charge in [-0.05, 0) is 95.4 Å². The molecule has 62 heavy (non-hydrogen) atoms. The van der Waals surface area contributed by atoms with Gasteiger partial charge in [0.2, 0.25) is 0 Å². The number of allylic oxidation sites excluding steroid dienone is 2. The van der Waals surface area contributed by atoms with Crippen molar-refractivity contribution in [2.24, 2.45) is 4.99 Å². The normalized spacial score (nSPS) is 13.3. The molecular formula is C56H38N2S4. The van der Waals surface area contributed by atoms with Crippen LogP contribution in [0.4, 0.5) is 0 Å². The number of rotatable bonds is 10. The Labute approximate surface area is 377 Å². The summed E-state index contributed by atoms with van der Waals surface area (Å²) >= 11 is 7.28. The number of hydrogen-bond acceptors (Lipinski definition) is 5. The van der Waals surface area contributed by atoms with E-state index in [1.165, 1.54) is 67.5 Å². The van der Waals surface area contributed by atoms with Crippen molar-refractivity contribution in [3.05, 3.63) is 239 Å². The number of nitrogens with zero attached hydrogens (tertiary/aromatic N) is 1. The van der Waals surface area contributed by atoms with Crippen LogP contribution in [0, 0.1) is 6.92 Å². The minimum Gasteiger partial charge on any atom is -0.353 e. The molecule has 5 aromatic carbocycles. The van der Waals surface area contributed by atoms with Crippen molar-refractivity contribution in [3.8, 4) is 62.8 Å². The summed E-state index contributed by atoms with van der Waals surface area (Å²) < 4.78 is 0. The number of H-pyrrole nitrogens is 1. The van der Waals surface area contributed by atoms with Crippen LogP contribution < -0.4 is 0 Å². The lowest BCUT2D eigenvalue weighted by Gasteiger charge is -2.09. The van der Waals surface area contributed by atoms with Crippen LogP contribution in [0.1, 0.15) is 26.6 Å². The molecule has 2 nitrogen and oxygen atoms in total. The van der Waals surface area contributed by atoms with E-state index >= 15 is 0 Å². The highest BCUT2D eigenvalue weighted by Crippen LogP contribution is 2.47. The van der Waals surface area contributed by atoms with Gasteiger partial charge in [0.25, 0.3) is 0 Å². The van der Waals surface area contributed by atoms with Gasteiger partial charge in [-0.15, -0.1) is 45.3 Å². The summed E-state index contributed by atoms with van der Waals surface area (Å²) in [6.45, 7) is 2.15. The van der Waals surface area contributed by atoms with Gasteiger partial charge in [-0.3, -0.25) is 0 Å². The lowest BCUT2D eigenvalue weighted by Crippen LogP contribution is -1.97. The summed E-state index contributed by atoms with van der Waals surface area (Å²) in [6, 6.07) is 72.0. The first-order chi connectivity index (χ1) is 30.6. The summed E-state index contributed by atoms with van der Waals surface area (Å²) in [6.07, 6.45) is 2.32. The van der Waals surface area contributed by atoms with Gasteiger partial charge in [-0.25, -0.2) is 4.99 Å². The van der Waals surface area contributed by atoms with E-state index in [1.807, 2.05) is 34.0 Å². The second-order valence-corrected chi connectivity index (χ2v) is 19.6. The van der Waals surface area contributed by atoms with Gasteiger partial charge in [0.05, 0.1) is 26.9 Å². The molecule has 6 heteroatoms. The minimum absolute atomic E-state index is 0.940. The van der Waals surface area contributed by atoms with Crippen molar-refractivity contribution in [3.63, 3.8) is 0 Å². The first-order valence-corrected chi connectivity index (χ1v) is 23.9. The SMILES string of the molecule is Cc1ccc(/C(=C2\C=C(c3ccc(-c4ccccc4)s3)C(c3ccc(-c4ccccc4)s3)=N2)c2cc(-c3ccc(-c4ccccc4)s3)c(-c3ccc(-c4ccccc4)s3)[nH]2)cc1. The van der Waals surface area contributed by atoms with Crippen molar-refractivity contribution in [1.29, 1.82) is 0 Å². The predicted octanol–water partition coefficient (Wildman–Crippen LogP) is 16.9. The first-order valence-electron chi connectivity index (χ1n) is 20.6. The Balaban J connectivity index is 1.12. The van der Waals surface area contributed by atoms with Crippen LogP contribution in [-0.4, -0.2) is 10.7 Å². The van der Waals surface area contributed by atoms with Crippen molar-refractivity contribution >= 4 is 62.2 Å². The number of nitrogens with one attached hydrogen (secondary N) is 1. The van der Waals surface area contributed by atoms with Crippen molar-refractivity contribution in [2.45, 2.75) is 6.92 Å². The Morgan fingerprint density at radius 1 is 0.419 bits per heavy atom. The molecule has 11 rings (SSSR count). The molecule has 0 fully saturated rings. The van der Waals surface area contributed by atoms with Gasteiger partial charge in [0.15, 0.2) is 0 Å². The number of aryl methyl sites for hydroxylation is 1. The zero-order valence-corrected chi connectivity index (χ0v) is 37.0. The summed E-state index contributed by atoms with van der Waals surface area (Å²) in [5, 5.41) is 0. The first kappa shape index (κ1) is 38.3. The molecule has 0 aliphatic carbocycles. The van der Waals surface area contributed by atoms with Crippen LogP contribution in [0.5, 0.6) is 0 Å². The fourth-order valence-corrected chi connectivity index (χ4v) is 12.1. The van der Waals surface area contributed by atoms with Crippen LogP contribution in [0.3, 0.4) is 0 Å². The molecule has 0 unspecified atom stereocenters. The monoisotopic (exact) mass is 866 g/mol. The van der Waals surface area contributed by atoms with Crippen LogP contribution in [0.25, 0.3) is 73.9 Å². The highest BCUT2D eigenvalue weighted by molar-refractivity contribution is 7.20. The topological polar surface area (TPSA) is 28.1 Å². The van der Waals surface area contributed by atoms with E-state index in [1.54, 1.807) is 11.3 Å². The number of aromatic amines is 1. The van der Waals surface area contributed by atoms with Gasteiger partial charge in [-0.1, -0.05) is 151 Å². The maximum absolute atomic E-state index is 5.66. The molecule has 0 radical (unpaired) electrons. The lowest BCUT2D eigenvalue weighted by molar-refractivity contribution is 1.32. The standard InChI is InChI=1S/C56H38N2S4/c1-36-22-24-41(25-23-36)54(44-34-42(50-30-26-46(59-50)37-14-6-2-7-15-37)55(57-44)52-32-28-48(61-52)39-18-10-4-11-19-39)45-35-43(51-31-27-47(60-51)38-16-8-3-9-17-38)56(58-45)53-33-29-49(62-53)40-20-12-5-13-21-40/h2-35,57H,1H3/b54-45-. The second kappa shape index (κ2) is 16.7. The van der Waals surface area contributed by atoms with Crippen molar-refractivity contribution < 1.29 is 0 Å². The van der Waals surface area contributed by atoms with Crippen LogP contribution in [0.2, 0.25) is 0 Å². The van der Waals surface area contributed by atoms with Gasteiger partial charge in [0.1, 0.15) is 0 Å². The predicted molar refractivity (Wildman–Crippen MR) is 270 cm³/mol. The number of thiophene rings is 4. The van der Waals surface area contributed by atoms with Crippen LogP contribution in [0.15, 0.2) is 217 Å². The fourth-order valence-electron chi connectivity index (χ4n) is 7.99. The molecule has 6 heterocycles. The second-order valence-electron chi connectivity index (χ2n) is 15.2. The van der Waals surface area contributed by atoms with Crippen LogP contribution >= 0.6 is 45.3 Å². The number of aliphatic imine (C=N–C) groups is 1. The Bertz CT molecular complexity index is 3070. The Morgan fingerprint density at radius 3 is 1.37 bits per heavy atom. The third-order valence-electron chi connectivity index (χ3n) is 11.1. The molecule has 0 spiro atoms. The molecule has 1 N–H and O–H groups in total. The smallest absolute Gasteiger partial charge is 0.0896 e. The third kappa shape index (κ3) is 7.52. The molecule has 0 bridgehead atoms. The van der Waals surface area contributed by atoms with Crippen LogP contribution in [-0.2, 0) is 0 Å². The summed E-state index contributed by atoms with van der Waals surface area (Å²) in [5.41, 5.74) is 14.7. The van der Waals surface area contributed by atoms with E-state index in [0.717, 1.165) is 44.4 Å². The molecule has 296 valence electrons. The molecular weight excluding hydrogens is 829 g/mol. The largest absolute Gasteiger partial charge is 0.353 e. The van der Waals surface area contributed by atoms with Gasteiger partial charge < -0.3 is 4.98 Å². The fraction of sp³-hybridized carbons (Fsp3) is 0.0179. The lowest BCUT2D eigenvalue weighted by atomic mass is 9.98. The van der Waals surface area contributed by atoms with Crippen molar-refractivity contribution in [1.82, 2.24) is 4.98 Å². The number of hydrogen-bond donors (Lipinski definition) is 1. The molecule has 1 aliphatic heterocycles. The molecule has 5 aromatic heterocycles. The van der Waals surface area contributed by atoms with E-state index in [0.29, 0.717) is 0 Å². The van der Waals surface area contributed by atoms with Gasteiger partial charge >= 0.3 is 0 Å². The highest BCUT2D eigenvalue weighted by Gasteiger charge is 2.27. The maximum Gasteiger partial charge on any atom is 0.0896 e. The third-order valence-corrected chi connectivity index (χ3v) is 15.7. The quantitative estimate of drug-likeness (QED) is 0.142. The van der Waals surface area contributed by atoms with E-state index in [2.05, 4.69) is 218 Å². The average Bonchev–Trinajstić information content (AvgIpc) is 4.19. The number of benzene rings is 5. The zero-order chi connectivity index (χ0) is 41.4. The zero-order valence-electron chi connectivity index (χ0n) is 33.7. The number of aromatic nitrogens is 1. The summed E-state index contributed by atoms with van der Waals surface area (Å²) in [4.78, 5) is 19.4. The summed E-state index contributed by atoms with van der Waals surface area (Å²) in [5.74, 6) is 0. The Morgan fingerprint density at radius 2 is 0.839 bits per heavy atom. The molecule has 0 amide bonds. The molecule has 10 aromatic rings. The Hall–Kier alpha value is -6.67. The summed E-state index contributed by atoms with van der Waals surface area (Å²) in [7, 11) is 0. The average molecular weight is 867 g/mol. The van der Waals surface area contributed by atoms with E-state index in [4.69, 9.17) is 4.99 Å². The van der Waals surface area contributed by atoms with E-state index in [9.17, 15) is 0 Å². The Kier molecular flexibility index (Phi) is 10.3. The molecule has 0 saturated carbocycles. The maximum atomic E-state index is 5.66. The molecule has 1 aliphatic rings. The highest BCUT2D eigenvalue weighted by atomic mass is 32.1. The minimum atomic E-state index is 0.940. The van der Waals surface area contributed by atoms with Crippen molar-refractivity contribution in [2.75, 3.05) is 0 Å². The van der Waals surface area contributed by atoms with E-state index in [-0.39, 0.29) is 0 Å².